The Bertz CT molecular complexity index is 591. The fourth-order valence-electron chi connectivity index (χ4n) is 1.63. The first-order valence-corrected chi connectivity index (χ1v) is 7.87. The van der Waals surface area contributed by atoms with Gasteiger partial charge in [-0.1, -0.05) is 22.9 Å². The van der Waals surface area contributed by atoms with Crippen molar-refractivity contribution in [1.82, 2.24) is 10.6 Å². The highest BCUT2D eigenvalue weighted by molar-refractivity contribution is 9.10. The number of hydrogen-bond donors (Lipinski definition) is 3. The minimum Gasteiger partial charge on any atom is -0.507 e. The molecule has 1 aromatic rings. The van der Waals surface area contributed by atoms with Gasteiger partial charge in [-0.25, -0.2) is 4.79 Å². The van der Waals surface area contributed by atoms with Gasteiger partial charge in [0.05, 0.1) is 0 Å². The lowest BCUT2D eigenvalue weighted by atomic mass is 10.2. The minimum atomic E-state index is -0.831. The Labute approximate surface area is 142 Å². The molecule has 0 fully saturated rings. The van der Waals surface area contributed by atoms with Gasteiger partial charge in [-0.2, -0.15) is 0 Å². The number of phenolic OH excluding ortho intramolecular Hbond substituents is 1. The second kappa shape index (κ2) is 9.14. The standard InChI is InChI=1S/C15H19BrN2O5/c1-3-6-17-14(21)9(2)18-13(20)8-23-15(22)11-7-10(16)4-5-12(11)19/h4-5,7,9,19H,3,6,8H2,1-2H3,(H,17,21)(H,18,20)/t9-/m1/s1. The number of carbonyl (C=O) groups is 3. The van der Waals surface area contributed by atoms with E-state index in [1.165, 1.54) is 19.1 Å². The van der Waals surface area contributed by atoms with Crippen molar-refractivity contribution in [3.8, 4) is 5.75 Å². The van der Waals surface area contributed by atoms with E-state index in [9.17, 15) is 19.5 Å². The number of aromatic hydroxyl groups is 1. The Balaban J connectivity index is 2.48. The number of phenols is 1. The summed E-state index contributed by atoms with van der Waals surface area (Å²) in [4.78, 5) is 35.1. The van der Waals surface area contributed by atoms with Crippen LogP contribution in [0.5, 0.6) is 5.75 Å². The van der Waals surface area contributed by atoms with E-state index in [0.29, 0.717) is 11.0 Å². The zero-order valence-corrected chi connectivity index (χ0v) is 14.5. The van der Waals surface area contributed by atoms with E-state index in [1.807, 2.05) is 6.92 Å². The van der Waals surface area contributed by atoms with Gasteiger partial charge >= 0.3 is 5.97 Å². The van der Waals surface area contributed by atoms with Crippen LogP contribution in [0.3, 0.4) is 0 Å². The number of halogens is 1. The summed E-state index contributed by atoms with van der Waals surface area (Å²) < 4.78 is 5.41. The van der Waals surface area contributed by atoms with E-state index in [4.69, 9.17) is 4.74 Å². The van der Waals surface area contributed by atoms with Gasteiger partial charge in [-0.05, 0) is 31.5 Å². The molecule has 2 amide bonds. The van der Waals surface area contributed by atoms with Crippen LogP contribution in [0.1, 0.15) is 30.6 Å². The molecule has 3 N–H and O–H groups in total. The monoisotopic (exact) mass is 386 g/mol. The lowest BCUT2D eigenvalue weighted by Gasteiger charge is -2.14. The molecule has 0 heterocycles. The first kappa shape index (κ1) is 19.0. The summed E-state index contributed by atoms with van der Waals surface area (Å²) in [5.41, 5.74) is -0.0547. The third-order valence-corrected chi connectivity index (χ3v) is 3.33. The van der Waals surface area contributed by atoms with Crippen LogP contribution in [0.2, 0.25) is 0 Å². The molecule has 0 spiro atoms. The Hall–Kier alpha value is -2.09. The van der Waals surface area contributed by atoms with Crippen molar-refractivity contribution in [3.05, 3.63) is 28.2 Å². The molecule has 1 aromatic carbocycles. The first-order valence-electron chi connectivity index (χ1n) is 7.07. The van der Waals surface area contributed by atoms with Crippen molar-refractivity contribution < 1.29 is 24.2 Å². The number of hydrogen-bond acceptors (Lipinski definition) is 5. The molecule has 0 aromatic heterocycles. The van der Waals surface area contributed by atoms with Crippen molar-refractivity contribution >= 4 is 33.7 Å². The summed E-state index contributed by atoms with van der Waals surface area (Å²) in [6.45, 7) is 3.43. The topological polar surface area (TPSA) is 105 Å². The predicted octanol–water partition coefficient (Wildman–Crippen LogP) is 1.34. The fourth-order valence-corrected chi connectivity index (χ4v) is 1.99. The molecule has 0 radical (unpaired) electrons. The minimum absolute atomic E-state index is 0.0547. The summed E-state index contributed by atoms with van der Waals surface area (Å²) in [5.74, 6) is -1.99. The molecule has 0 unspecified atom stereocenters. The molecule has 0 aliphatic heterocycles. The van der Waals surface area contributed by atoms with Crippen molar-refractivity contribution in [2.75, 3.05) is 13.2 Å². The number of carbonyl (C=O) groups excluding carboxylic acids is 3. The Morgan fingerprint density at radius 3 is 2.70 bits per heavy atom. The molecule has 1 rings (SSSR count). The van der Waals surface area contributed by atoms with Gasteiger partial charge in [0.1, 0.15) is 17.4 Å². The molecular weight excluding hydrogens is 368 g/mol. The van der Waals surface area contributed by atoms with E-state index in [2.05, 4.69) is 26.6 Å². The van der Waals surface area contributed by atoms with Crippen molar-refractivity contribution in [2.24, 2.45) is 0 Å². The number of rotatable bonds is 7. The molecule has 126 valence electrons. The third-order valence-electron chi connectivity index (χ3n) is 2.83. The molecule has 1 atom stereocenters. The second-order valence-corrected chi connectivity index (χ2v) is 5.73. The molecule has 0 aliphatic carbocycles. The number of nitrogens with one attached hydrogen (secondary N) is 2. The largest absolute Gasteiger partial charge is 0.507 e. The van der Waals surface area contributed by atoms with E-state index in [1.54, 1.807) is 6.07 Å². The van der Waals surface area contributed by atoms with Crippen LogP contribution < -0.4 is 10.6 Å². The lowest BCUT2D eigenvalue weighted by Crippen LogP contribution is -2.46. The number of esters is 1. The summed E-state index contributed by atoms with van der Waals surface area (Å²) in [6, 6.07) is 3.55. The molecule has 23 heavy (non-hydrogen) atoms. The van der Waals surface area contributed by atoms with Crippen LogP contribution in [0.4, 0.5) is 0 Å². The average Bonchev–Trinajstić information content (AvgIpc) is 2.52. The van der Waals surface area contributed by atoms with E-state index >= 15 is 0 Å². The smallest absolute Gasteiger partial charge is 0.342 e. The maximum absolute atomic E-state index is 11.8. The average molecular weight is 387 g/mol. The van der Waals surface area contributed by atoms with Crippen LogP contribution in [0.25, 0.3) is 0 Å². The summed E-state index contributed by atoms with van der Waals surface area (Å²) in [6.07, 6.45) is 0.792. The molecular formula is C15H19BrN2O5. The maximum atomic E-state index is 11.8. The van der Waals surface area contributed by atoms with Crippen molar-refractivity contribution in [2.45, 2.75) is 26.3 Å². The fraction of sp³-hybridized carbons (Fsp3) is 0.400. The van der Waals surface area contributed by atoms with Gasteiger partial charge in [0, 0.05) is 11.0 Å². The molecule has 0 saturated carbocycles. The highest BCUT2D eigenvalue weighted by atomic mass is 79.9. The van der Waals surface area contributed by atoms with E-state index in [0.717, 1.165) is 6.42 Å². The van der Waals surface area contributed by atoms with Gasteiger partial charge in [0.15, 0.2) is 6.61 Å². The first-order chi connectivity index (χ1) is 10.8. The molecule has 8 heteroatoms. The van der Waals surface area contributed by atoms with Gasteiger partial charge in [-0.15, -0.1) is 0 Å². The molecule has 0 saturated heterocycles. The van der Waals surface area contributed by atoms with Gasteiger partial charge in [0.2, 0.25) is 5.91 Å². The zero-order valence-electron chi connectivity index (χ0n) is 12.9. The van der Waals surface area contributed by atoms with Gasteiger partial charge < -0.3 is 20.5 Å². The molecule has 7 nitrogen and oxygen atoms in total. The number of amides is 2. The Morgan fingerprint density at radius 2 is 2.04 bits per heavy atom. The van der Waals surface area contributed by atoms with Crippen molar-refractivity contribution in [1.29, 1.82) is 0 Å². The van der Waals surface area contributed by atoms with Crippen LogP contribution in [0, 0.1) is 0 Å². The van der Waals surface area contributed by atoms with Gasteiger partial charge in [0.25, 0.3) is 5.91 Å². The third kappa shape index (κ3) is 6.27. The lowest BCUT2D eigenvalue weighted by molar-refractivity contribution is -0.130. The maximum Gasteiger partial charge on any atom is 0.342 e. The van der Waals surface area contributed by atoms with Crippen LogP contribution in [-0.4, -0.2) is 42.1 Å². The van der Waals surface area contributed by atoms with Gasteiger partial charge in [-0.3, -0.25) is 9.59 Å². The Kier molecular flexibility index (Phi) is 7.53. The van der Waals surface area contributed by atoms with Crippen LogP contribution >= 0.6 is 15.9 Å². The summed E-state index contributed by atoms with van der Waals surface area (Å²) in [7, 11) is 0. The van der Waals surface area contributed by atoms with E-state index in [-0.39, 0.29) is 17.2 Å². The quantitative estimate of drug-likeness (QED) is 0.613. The second-order valence-electron chi connectivity index (χ2n) is 4.82. The van der Waals surface area contributed by atoms with E-state index < -0.39 is 24.5 Å². The Morgan fingerprint density at radius 1 is 1.35 bits per heavy atom. The summed E-state index contributed by atoms with van der Waals surface area (Å²) in [5, 5.41) is 14.7. The molecule has 0 aliphatic rings. The summed E-state index contributed by atoms with van der Waals surface area (Å²) >= 11 is 3.17. The van der Waals surface area contributed by atoms with Crippen molar-refractivity contribution in [3.63, 3.8) is 0 Å². The highest BCUT2D eigenvalue weighted by Crippen LogP contribution is 2.22. The predicted molar refractivity (Wildman–Crippen MR) is 87.0 cm³/mol. The van der Waals surface area contributed by atoms with Crippen LogP contribution in [-0.2, 0) is 14.3 Å². The zero-order chi connectivity index (χ0) is 17.4. The SMILES string of the molecule is CCCNC(=O)[C@@H](C)NC(=O)COC(=O)c1cc(Br)ccc1O. The molecule has 0 bridgehead atoms. The number of benzene rings is 1. The number of ether oxygens (including phenoxy) is 1. The highest BCUT2D eigenvalue weighted by Gasteiger charge is 2.18. The normalized spacial score (nSPS) is 11.4. The van der Waals surface area contributed by atoms with Crippen LogP contribution in [0.15, 0.2) is 22.7 Å².